The molecule has 1 aromatic rings. The van der Waals surface area contributed by atoms with Crippen LogP contribution in [0.25, 0.3) is 0 Å². The molecule has 2 N–H and O–H groups in total. The van der Waals surface area contributed by atoms with Gasteiger partial charge in [-0.15, -0.1) is 0 Å². The second-order valence-electron chi connectivity index (χ2n) is 3.73. The van der Waals surface area contributed by atoms with Crippen molar-refractivity contribution in [1.82, 2.24) is 5.32 Å². The van der Waals surface area contributed by atoms with Gasteiger partial charge in [0.1, 0.15) is 0 Å². The summed E-state index contributed by atoms with van der Waals surface area (Å²) in [6.07, 6.45) is 0.703. The SMILES string of the molecule is CCC(CO)NC(=O)c1ccc(Cl)c(C)c1. The number of hydrogen-bond donors (Lipinski definition) is 2. The van der Waals surface area contributed by atoms with Crippen LogP contribution in [0.3, 0.4) is 0 Å². The van der Waals surface area contributed by atoms with Gasteiger partial charge in [-0.25, -0.2) is 0 Å². The molecule has 0 aliphatic carbocycles. The number of halogens is 1. The maximum Gasteiger partial charge on any atom is 0.251 e. The van der Waals surface area contributed by atoms with Crippen molar-refractivity contribution >= 4 is 17.5 Å². The molecule has 0 aromatic heterocycles. The number of aliphatic hydroxyl groups is 1. The molecule has 1 amide bonds. The zero-order valence-corrected chi connectivity index (χ0v) is 10.2. The molecule has 0 radical (unpaired) electrons. The predicted molar refractivity (Wildman–Crippen MR) is 64.8 cm³/mol. The van der Waals surface area contributed by atoms with E-state index in [0.717, 1.165) is 5.56 Å². The standard InChI is InChI=1S/C12H16ClNO2/c1-3-10(7-15)14-12(16)9-4-5-11(13)8(2)6-9/h4-6,10,15H,3,7H2,1-2H3,(H,14,16). The Bertz CT molecular complexity index is 375. The first-order valence-electron chi connectivity index (χ1n) is 5.26. The quantitative estimate of drug-likeness (QED) is 0.849. The molecule has 88 valence electrons. The molecule has 1 aromatic carbocycles. The van der Waals surface area contributed by atoms with E-state index in [1.807, 2.05) is 13.8 Å². The van der Waals surface area contributed by atoms with Gasteiger partial charge in [-0.05, 0) is 37.1 Å². The lowest BCUT2D eigenvalue weighted by Crippen LogP contribution is -2.36. The fourth-order valence-electron chi connectivity index (χ4n) is 1.33. The molecular weight excluding hydrogens is 226 g/mol. The maximum absolute atomic E-state index is 11.8. The van der Waals surface area contributed by atoms with Crippen LogP contribution in [-0.4, -0.2) is 23.7 Å². The number of carbonyl (C=O) groups excluding carboxylic acids is 1. The molecule has 3 nitrogen and oxygen atoms in total. The van der Waals surface area contributed by atoms with Crippen LogP contribution in [0.5, 0.6) is 0 Å². The predicted octanol–water partition coefficient (Wildman–Crippen LogP) is 2.15. The first kappa shape index (κ1) is 13.0. The van der Waals surface area contributed by atoms with Crippen LogP contribution in [0.15, 0.2) is 18.2 Å². The molecule has 4 heteroatoms. The lowest BCUT2D eigenvalue weighted by molar-refractivity contribution is 0.0915. The minimum absolute atomic E-state index is 0.0468. The zero-order valence-electron chi connectivity index (χ0n) is 9.46. The third kappa shape index (κ3) is 3.22. The first-order valence-corrected chi connectivity index (χ1v) is 5.64. The fourth-order valence-corrected chi connectivity index (χ4v) is 1.45. The number of nitrogens with one attached hydrogen (secondary N) is 1. The van der Waals surface area contributed by atoms with E-state index in [1.54, 1.807) is 18.2 Å². The molecule has 0 spiro atoms. The van der Waals surface area contributed by atoms with E-state index in [9.17, 15) is 4.79 Å². The van der Waals surface area contributed by atoms with Gasteiger partial charge in [0.05, 0.1) is 12.6 Å². The summed E-state index contributed by atoms with van der Waals surface area (Å²) in [5, 5.41) is 12.4. The normalized spacial score (nSPS) is 12.2. The van der Waals surface area contributed by atoms with E-state index >= 15 is 0 Å². The lowest BCUT2D eigenvalue weighted by atomic mass is 10.1. The summed E-state index contributed by atoms with van der Waals surface area (Å²) in [5.41, 5.74) is 1.43. The van der Waals surface area contributed by atoms with Gasteiger partial charge in [-0.1, -0.05) is 18.5 Å². The van der Waals surface area contributed by atoms with Gasteiger partial charge in [-0.2, -0.15) is 0 Å². The van der Waals surface area contributed by atoms with E-state index in [0.29, 0.717) is 17.0 Å². The summed E-state index contributed by atoms with van der Waals surface area (Å²) in [6, 6.07) is 4.92. The Labute approximate surface area is 100 Å². The average Bonchev–Trinajstić information content (AvgIpc) is 2.29. The second kappa shape index (κ2) is 5.87. The average molecular weight is 242 g/mol. The molecule has 16 heavy (non-hydrogen) atoms. The van der Waals surface area contributed by atoms with E-state index in [-0.39, 0.29) is 18.6 Å². The molecule has 0 saturated heterocycles. The van der Waals surface area contributed by atoms with Crippen LogP contribution < -0.4 is 5.32 Å². The summed E-state index contributed by atoms with van der Waals surface area (Å²) >= 11 is 5.87. The van der Waals surface area contributed by atoms with E-state index in [2.05, 4.69) is 5.32 Å². The summed E-state index contributed by atoms with van der Waals surface area (Å²) < 4.78 is 0. The van der Waals surface area contributed by atoms with Gasteiger partial charge in [0.15, 0.2) is 0 Å². The number of amides is 1. The van der Waals surface area contributed by atoms with Crippen LogP contribution in [-0.2, 0) is 0 Å². The Kier molecular flexibility index (Phi) is 4.77. The van der Waals surface area contributed by atoms with Crippen molar-refractivity contribution in [3.8, 4) is 0 Å². The Morgan fingerprint density at radius 1 is 1.56 bits per heavy atom. The Morgan fingerprint density at radius 2 is 2.25 bits per heavy atom. The van der Waals surface area contributed by atoms with Crippen molar-refractivity contribution in [3.05, 3.63) is 34.3 Å². The molecular formula is C12H16ClNO2. The van der Waals surface area contributed by atoms with Crippen molar-refractivity contribution in [1.29, 1.82) is 0 Å². The molecule has 0 aliphatic rings. The third-order valence-corrected chi connectivity index (χ3v) is 2.89. The number of aryl methyl sites for hydroxylation is 1. The van der Waals surface area contributed by atoms with Crippen molar-refractivity contribution in [2.24, 2.45) is 0 Å². The number of rotatable bonds is 4. The summed E-state index contributed by atoms with van der Waals surface area (Å²) in [4.78, 5) is 11.8. The molecule has 1 atom stereocenters. The smallest absolute Gasteiger partial charge is 0.251 e. The topological polar surface area (TPSA) is 49.3 Å². The third-order valence-electron chi connectivity index (χ3n) is 2.47. The van der Waals surface area contributed by atoms with Crippen molar-refractivity contribution in [2.45, 2.75) is 26.3 Å². The largest absolute Gasteiger partial charge is 0.394 e. The van der Waals surface area contributed by atoms with Gasteiger partial charge >= 0.3 is 0 Å². The maximum atomic E-state index is 11.8. The van der Waals surface area contributed by atoms with Gasteiger partial charge < -0.3 is 10.4 Å². The van der Waals surface area contributed by atoms with E-state index < -0.39 is 0 Å². The van der Waals surface area contributed by atoms with Crippen LogP contribution in [0.4, 0.5) is 0 Å². The summed E-state index contributed by atoms with van der Waals surface area (Å²) in [7, 11) is 0. The molecule has 0 aliphatic heterocycles. The van der Waals surface area contributed by atoms with E-state index in [1.165, 1.54) is 0 Å². The summed E-state index contributed by atoms with van der Waals surface area (Å²) in [6.45, 7) is 3.71. The second-order valence-corrected chi connectivity index (χ2v) is 4.13. The minimum Gasteiger partial charge on any atom is -0.394 e. The van der Waals surface area contributed by atoms with Crippen LogP contribution in [0.1, 0.15) is 29.3 Å². The molecule has 1 rings (SSSR count). The van der Waals surface area contributed by atoms with Crippen LogP contribution in [0, 0.1) is 6.92 Å². The highest BCUT2D eigenvalue weighted by Crippen LogP contribution is 2.16. The molecule has 0 fully saturated rings. The van der Waals surface area contributed by atoms with Crippen molar-refractivity contribution < 1.29 is 9.90 Å². The number of hydrogen-bond acceptors (Lipinski definition) is 2. The Morgan fingerprint density at radius 3 is 2.75 bits per heavy atom. The van der Waals surface area contributed by atoms with Gasteiger partial charge in [0, 0.05) is 10.6 Å². The van der Waals surface area contributed by atoms with Crippen molar-refractivity contribution in [3.63, 3.8) is 0 Å². The van der Waals surface area contributed by atoms with Gasteiger partial charge in [0.25, 0.3) is 5.91 Å². The first-order chi connectivity index (χ1) is 7.58. The Hall–Kier alpha value is -1.06. The fraction of sp³-hybridized carbons (Fsp3) is 0.417. The molecule has 0 saturated carbocycles. The molecule has 1 unspecified atom stereocenters. The molecule has 0 bridgehead atoms. The highest BCUT2D eigenvalue weighted by Gasteiger charge is 2.11. The molecule has 0 heterocycles. The number of aliphatic hydroxyl groups excluding tert-OH is 1. The minimum atomic E-state index is -0.191. The van der Waals surface area contributed by atoms with E-state index in [4.69, 9.17) is 16.7 Å². The lowest BCUT2D eigenvalue weighted by Gasteiger charge is -2.14. The summed E-state index contributed by atoms with van der Waals surface area (Å²) in [5.74, 6) is -0.180. The Balaban J connectivity index is 2.76. The van der Waals surface area contributed by atoms with Gasteiger partial charge in [0.2, 0.25) is 0 Å². The highest BCUT2D eigenvalue weighted by molar-refractivity contribution is 6.31. The zero-order chi connectivity index (χ0) is 12.1. The van der Waals surface area contributed by atoms with Crippen molar-refractivity contribution in [2.75, 3.05) is 6.61 Å². The monoisotopic (exact) mass is 241 g/mol. The van der Waals surface area contributed by atoms with Crippen LogP contribution in [0.2, 0.25) is 5.02 Å². The van der Waals surface area contributed by atoms with Gasteiger partial charge in [-0.3, -0.25) is 4.79 Å². The number of benzene rings is 1. The number of carbonyl (C=O) groups is 1. The highest BCUT2D eigenvalue weighted by atomic mass is 35.5. The van der Waals surface area contributed by atoms with Crippen LogP contribution >= 0.6 is 11.6 Å².